The van der Waals surface area contributed by atoms with E-state index in [-0.39, 0.29) is 5.91 Å². The minimum Gasteiger partial charge on any atom is -0.398 e. The van der Waals surface area contributed by atoms with E-state index in [2.05, 4.69) is 15.5 Å². The molecule has 3 N–H and O–H groups in total. The van der Waals surface area contributed by atoms with Crippen LogP contribution in [0.2, 0.25) is 0 Å². The van der Waals surface area contributed by atoms with Crippen molar-refractivity contribution < 1.29 is 4.79 Å². The molecule has 0 aliphatic rings. The van der Waals surface area contributed by atoms with E-state index in [1.54, 1.807) is 18.3 Å². The highest BCUT2D eigenvalue weighted by Gasteiger charge is 2.10. The van der Waals surface area contributed by atoms with Gasteiger partial charge in [-0.1, -0.05) is 6.07 Å². The number of nitrogens with two attached hydrogens (primary N) is 1. The van der Waals surface area contributed by atoms with Crippen LogP contribution in [0, 0.1) is 13.8 Å². The lowest BCUT2D eigenvalue weighted by molar-refractivity contribution is 0.0950. The van der Waals surface area contributed by atoms with Crippen LogP contribution in [0.5, 0.6) is 0 Å². The Morgan fingerprint density at radius 1 is 1.32 bits per heavy atom. The van der Waals surface area contributed by atoms with Crippen LogP contribution < -0.4 is 11.1 Å². The highest BCUT2D eigenvalue weighted by Crippen LogP contribution is 2.17. The topological polar surface area (TPSA) is 80.9 Å². The molecule has 1 aromatic heterocycles. The van der Waals surface area contributed by atoms with Gasteiger partial charge in [-0.15, -0.1) is 0 Å². The molecule has 2 rings (SSSR count). The molecule has 0 saturated carbocycles. The number of nitrogens with zero attached hydrogens (tertiary/aromatic N) is 2. The summed E-state index contributed by atoms with van der Waals surface area (Å²) in [5.74, 6) is -0.158. The van der Waals surface area contributed by atoms with Gasteiger partial charge in [0.15, 0.2) is 0 Å². The summed E-state index contributed by atoms with van der Waals surface area (Å²) in [7, 11) is 0. The van der Waals surface area contributed by atoms with Crippen LogP contribution in [0.25, 0.3) is 0 Å². The molecule has 0 spiro atoms. The van der Waals surface area contributed by atoms with Gasteiger partial charge >= 0.3 is 0 Å². The molecule has 0 radical (unpaired) electrons. The van der Waals surface area contributed by atoms with Crippen LogP contribution in [0.3, 0.4) is 0 Å². The van der Waals surface area contributed by atoms with E-state index < -0.39 is 0 Å². The van der Waals surface area contributed by atoms with Gasteiger partial charge in [0.1, 0.15) is 0 Å². The van der Waals surface area contributed by atoms with Crippen molar-refractivity contribution in [3.63, 3.8) is 0 Å². The molecule has 1 heterocycles. The highest BCUT2D eigenvalue weighted by atomic mass is 16.1. The van der Waals surface area contributed by atoms with Gasteiger partial charge in [0.05, 0.1) is 12.2 Å². The van der Waals surface area contributed by atoms with E-state index >= 15 is 0 Å². The van der Waals surface area contributed by atoms with Crippen LogP contribution in [-0.4, -0.2) is 16.1 Å². The summed E-state index contributed by atoms with van der Waals surface area (Å²) in [6.45, 7) is 4.16. The Balaban J connectivity index is 2.10. The van der Waals surface area contributed by atoms with E-state index in [1.807, 2.05) is 26.0 Å². The van der Waals surface area contributed by atoms with Crippen LogP contribution in [0.15, 0.2) is 30.5 Å². The Hall–Kier alpha value is -2.43. The number of anilines is 1. The third-order valence-corrected chi connectivity index (χ3v) is 2.92. The largest absolute Gasteiger partial charge is 0.398 e. The molecule has 98 valence electrons. The maximum absolute atomic E-state index is 12.1. The number of aromatic nitrogens is 2. The average molecular weight is 256 g/mol. The molecule has 0 atom stereocenters. The van der Waals surface area contributed by atoms with E-state index in [9.17, 15) is 4.79 Å². The van der Waals surface area contributed by atoms with Crippen molar-refractivity contribution in [1.29, 1.82) is 0 Å². The van der Waals surface area contributed by atoms with Gasteiger partial charge in [0.25, 0.3) is 5.91 Å². The minimum absolute atomic E-state index is 0.158. The number of carbonyl (C=O) groups is 1. The summed E-state index contributed by atoms with van der Waals surface area (Å²) < 4.78 is 0. The fraction of sp³-hybridized carbons (Fsp3) is 0.214. The lowest BCUT2D eigenvalue weighted by Crippen LogP contribution is -2.24. The first-order valence-electron chi connectivity index (χ1n) is 5.99. The van der Waals surface area contributed by atoms with Gasteiger partial charge in [0.2, 0.25) is 0 Å². The average Bonchev–Trinajstić information content (AvgIpc) is 2.41. The zero-order valence-corrected chi connectivity index (χ0v) is 11.0. The van der Waals surface area contributed by atoms with E-state index in [0.29, 0.717) is 23.5 Å². The Labute approximate surface area is 111 Å². The second-order valence-corrected chi connectivity index (χ2v) is 4.42. The van der Waals surface area contributed by atoms with Crippen LogP contribution in [-0.2, 0) is 6.54 Å². The molecule has 5 heteroatoms. The number of amides is 1. The van der Waals surface area contributed by atoms with Gasteiger partial charge < -0.3 is 11.1 Å². The first-order valence-corrected chi connectivity index (χ1v) is 5.99. The van der Waals surface area contributed by atoms with Crippen molar-refractivity contribution in [2.24, 2.45) is 0 Å². The zero-order valence-electron chi connectivity index (χ0n) is 11.0. The number of aryl methyl sites for hydroxylation is 2. The van der Waals surface area contributed by atoms with Crippen LogP contribution in [0.4, 0.5) is 5.69 Å². The summed E-state index contributed by atoms with van der Waals surface area (Å²) in [6.07, 6.45) is 1.59. The number of rotatable bonds is 3. The molecular weight excluding hydrogens is 240 g/mol. The Bertz CT molecular complexity index is 596. The molecule has 0 fully saturated rings. The summed E-state index contributed by atoms with van der Waals surface area (Å²) in [6, 6.07) is 7.20. The summed E-state index contributed by atoms with van der Waals surface area (Å²) in [5, 5.41) is 10.5. The second kappa shape index (κ2) is 5.48. The van der Waals surface area contributed by atoms with Crippen LogP contribution >= 0.6 is 0 Å². The minimum atomic E-state index is -0.158. The first-order chi connectivity index (χ1) is 9.08. The lowest BCUT2D eigenvalue weighted by Gasteiger charge is -2.10. The Morgan fingerprint density at radius 2 is 2.11 bits per heavy atom. The fourth-order valence-electron chi connectivity index (χ4n) is 1.81. The van der Waals surface area contributed by atoms with E-state index in [1.165, 1.54) is 0 Å². The smallest absolute Gasteiger partial charge is 0.251 e. The predicted octanol–water partition coefficient (Wildman–Crippen LogP) is 1.61. The number of hydrogen-bond donors (Lipinski definition) is 2. The highest BCUT2D eigenvalue weighted by molar-refractivity contribution is 5.96. The van der Waals surface area contributed by atoms with Gasteiger partial charge in [-0.2, -0.15) is 10.2 Å². The standard InChI is InChI=1S/C14H16N4O/c1-9-6-10(2)13(15)7-12(9)14(19)16-8-11-4-3-5-17-18-11/h3-7H,8,15H2,1-2H3,(H,16,19). The van der Waals surface area contributed by atoms with Gasteiger partial charge in [-0.05, 0) is 43.2 Å². The number of nitrogens with one attached hydrogen (secondary N) is 1. The molecule has 0 bridgehead atoms. The number of hydrogen-bond acceptors (Lipinski definition) is 4. The molecule has 2 aromatic rings. The third-order valence-electron chi connectivity index (χ3n) is 2.92. The predicted molar refractivity (Wildman–Crippen MR) is 73.5 cm³/mol. The summed E-state index contributed by atoms with van der Waals surface area (Å²) in [4.78, 5) is 12.1. The summed E-state index contributed by atoms with van der Waals surface area (Å²) in [5.41, 5.74) is 9.64. The van der Waals surface area contributed by atoms with Crippen molar-refractivity contribution >= 4 is 11.6 Å². The quantitative estimate of drug-likeness (QED) is 0.817. The molecule has 19 heavy (non-hydrogen) atoms. The molecule has 5 nitrogen and oxygen atoms in total. The van der Waals surface area contributed by atoms with Crippen molar-refractivity contribution in [2.45, 2.75) is 20.4 Å². The maximum Gasteiger partial charge on any atom is 0.251 e. The van der Waals surface area contributed by atoms with Gasteiger partial charge in [0, 0.05) is 17.4 Å². The second-order valence-electron chi connectivity index (χ2n) is 4.42. The van der Waals surface area contributed by atoms with E-state index in [0.717, 1.165) is 11.1 Å². The Morgan fingerprint density at radius 3 is 2.79 bits per heavy atom. The normalized spacial score (nSPS) is 10.2. The lowest BCUT2D eigenvalue weighted by atomic mass is 10.0. The number of benzene rings is 1. The SMILES string of the molecule is Cc1cc(C)c(C(=O)NCc2cccnn2)cc1N. The number of carbonyl (C=O) groups excluding carboxylic acids is 1. The first kappa shape index (κ1) is 13.0. The number of nitrogen functional groups attached to an aromatic ring is 1. The monoisotopic (exact) mass is 256 g/mol. The molecule has 1 amide bonds. The van der Waals surface area contributed by atoms with Crippen molar-refractivity contribution in [1.82, 2.24) is 15.5 Å². The summed E-state index contributed by atoms with van der Waals surface area (Å²) >= 11 is 0. The zero-order chi connectivity index (χ0) is 13.8. The van der Waals surface area contributed by atoms with Crippen molar-refractivity contribution in [3.8, 4) is 0 Å². The fourth-order valence-corrected chi connectivity index (χ4v) is 1.81. The maximum atomic E-state index is 12.1. The van der Waals surface area contributed by atoms with Crippen LogP contribution in [0.1, 0.15) is 27.2 Å². The molecular formula is C14H16N4O. The molecule has 0 saturated heterocycles. The van der Waals surface area contributed by atoms with Crippen molar-refractivity contribution in [2.75, 3.05) is 5.73 Å². The van der Waals surface area contributed by atoms with Crippen molar-refractivity contribution in [3.05, 3.63) is 52.8 Å². The molecule has 0 unspecified atom stereocenters. The third kappa shape index (κ3) is 3.07. The van der Waals surface area contributed by atoms with Gasteiger partial charge in [-0.3, -0.25) is 4.79 Å². The molecule has 0 aliphatic heterocycles. The van der Waals surface area contributed by atoms with Gasteiger partial charge in [-0.25, -0.2) is 0 Å². The van der Waals surface area contributed by atoms with E-state index in [4.69, 9.17) is 5.73 Å². The molecule has 0 aliphatic carbocycles. The molecule has 1 aromatic carbocycles. The Kier molecular flexibility index (Phi) is 3.75.